The van der Waals surface area contributed by atoms with Crippen LogP contribution in [0.1, 0.15) is 213 Å². The van der Waals surface area contributed by atoms with E-state index in [1.807, 2.05) is 0 Å². The lowest BCUT2D eigenvalue weighted by atomic mass is 10.1. The Labute approximate surface area is 322 Å². The van der Waals surface area contributed by atoms with Crippen LogP contribution in [0.3, 0.4) is 0 Å². The van der Waals surface area contributed by atoms with Gasteiger partial charge >= 0.3 is 11.9 Å². The number of ether oxygens (including phenoxy) is 4. The largest absolute Gasteiger partial charge is 0.466 e. The predicted octanol–water partition coefficient (Wildman–Crippen LogP) is 11.5. The SMILES string of the molecule is CCCCCCCCCOC(=O)CCCCCCCN(CCO)CCCCCOC(=O)CCC(OCCCCCCCC)OCCCCCCCC. The fourth-order valence-electron chi connectivity index (χ4n) is 6.45. The minimum Gasteiger partial charge on any atom is -0.466 e. The monoisotopic (exact) mass is 742 g/mol. The molecule has 52 heavy (non-hydrogen) atoms. The summed E-state index contributed by atoms with van der Waals surface area (Å²) in [7, 11) is 0. The van der Waals surface area contributed by atoms with E-state index in [0.29, 0.717) is 52.2 Å². The summed E-state index contributed by atoms with van der Waals surface area (Å²) in [5.74, 6) is -0.213. The van der Waals surface area contributed by atoms with E-state index in [4.69, 9.17) is 18.9 Å². The minimum absolute atomic E-state index is 0.0455. The second-order valence-corrected chi connectivity index (χ2v) is 15.0. The molecule has 8 heteroatoms. The van der Waals surface area contributed by atoms with E-state index in [9.17, 15) is 14.7 Å². The van der Waals surface area contributed by atoms with Crippen LogP contribution >= 0.6 is 0 Å². The van der Waals surface area contributed by atoms with Crippen molar-refractivity contribution in [3.63, 3.8) is 0 Å². The molecule has 0 rings (SSSR count). The van der Waals surface area contributed by atoms with Gasteiger partial charge in [0, 0.05) is 32.6 Å². The summed E-state index contributed by atoms with van der Waals surface area (Å²) in [6.07, 6.45) is 32.6. The third-order valence-electron chi connectivity index (χ3n) is 9.85. The maximum absolute atomic E-state index is 12.5. The lowest BCUT2D eigenvalue weighted by Gasteiger charge is -2.21. The van der Waals surface area contributed by atoms with Crippen LogP contribution in [0.15, 0.2) is 0 Å². The van der Waals surface area contributed by atoms with Crippen LogP contribution in [0.25, 0.3) is 0 Å². The maximum Gasteiger partial charge on any atom is 0.305 e. The highest BCUT2D eigenvalue weighted by atomic mass is 16.7. The van der Waals surface area contributed by atoms with Gasteiger partial charge in [-0.2, -0.15) is 0 Å². The molecule has 0 spiro atoms. The Bertz CT molecular complexity index is 719. The number of unbranched alkanes of at least 4 members (excludes halogenated alkanes) is 22. The molecule has 0 saturated heterocycles. The zero-order chi connectivity index (χ0) is 38.0. The number of hydrogen-bond acceptors (Lipinski definition) is 8. The van der Waals surface area contributed by atoms with E-state index < -0.39 is 0 Å². The molecule has 0 aromatic heterocycles. The summed E-state index contributed by atoms with van der Waals surface area (Å²) < 4.78 is 23.1. The molecular formula is C44H87NO7. The molecule has 0 amide bonds. The smallest absolute Gasteiger partial charge is 0.305 e. The number of nitrogens with zero attached hydrogens (tertiary/aromatic N) is 1. The van der Waals surface area contributed by atoms with Crippen LogP contribution in [-0.2, 0) is 28.5 Å². The van der Waals surface area contributed by atoms with Gasteiger partial charge in [-0.05, 0) is 64.5 Å². The molecule has 0 aliphatic heterocycles. The van der Waals surface area contributed by atoms with Crippen LogP contribution in [0.4, 0.5) is 0 Å². The van der Waals surface area contributed by atoms with Crippen LogP contribution < -0.4 is 0 Å². The number of rotatable bonds is 43. The first-order valence-electron chi connectivity index (χ1n) is 22.4. The summed E-state index contributed by atoms with van der Waals surface area (Å²) in [6, 6.07) is 0. The summed E-state index contributed by atoms with van der Waals surface area (Å²) in [4.78, 5) is 26.8. The highest BCUT2D eigenvalue weighted by molar-refractivity contribution is 5.69. The molecule has 310 valence electrons. The standard InChI is InChI=1S/C44H87NO7/c1-4-7-10-13-16-22-27-38-49-42(47)31-24-18-17-19-25-34-45(36-37-46)35-26-23-30-39-50-43(48)32-33-44(51-40-28-20-14-11-8-5-2)52-41-29-21-15-12-9-6-3/h44,46H,4-41H2,1-3H3. The Morgan fingerprint density at radius 2 is 0.808 bits per heavy atom. The Hall–Kier alpha value is -1.22. The van der Waals surface area contributed by atoms with Gasteiger partial charge in [-0.15, -0.1) is 0 Å². The van der Waals surface area contributed by atoms with Gasteiger partial charge in [-0.3, -0.25) is 9.59 Å². The molecule has 0 aliphatic carbocycles. The summed E-state index contributed by atoms with van der Waals surface area (Å²) in [5.41, 5.74) is 0. The van der Waals surface area contributed by atoms with Gasteiger partial charge in [0.1, 0.15) is 0 Å². The van der Waals surface area contributed by atoms with E-state index in [2.05, 4.69) is 25.7 Å². The van der Waals surface area contributed by atoms with Crippen molar-refractivity contribution in [1.29, 1.82) is 0 Å². The number of carbonyl (C=O) groups is 2. The van der Waals surface area contributed by atoms with Crippen LogP contribution in [0, 0.1) is 0 Å². The average Bonchev–Trinajstić information content (AvgIpc) is 3.14. The fourth-order valence-corrected chi connectivity index (χ4v) is 6.45. The maximum atomic E-state index is 12.5. The van der Waals surface area contributed by atoms with Crippen molar-refractivity contribution in [3.05, 3.63) is 0 Å². The van der Waals surface area contributed by atoms with Crippen LogP contribution in [0.2, 0.25) is 0 Å². The van der Waals surface area contributed by atoms with Crippen molar-refractivity contribution in [2.24, 2.45) is 0 Å². The van der Waals surface area contributed by atoms with Crippen molar-refractivity contribution < 1.29 is 33.6 Å². The summed E-state index contributed by atoms with van der Waals surface area (Å²) >= 11 is 0. The van der Waals surface area contributed by atoms with Crippen LogP contribution in [0.5, 0.6) is 0 Å². The van der Waals surface area contributed by atoms with Gasteiger partial charge in [0.15, 0.2) is 6.29 Å². The lowest BCUT2D eigenvalue weighted by Crippen LogP contribution is -2.29. The molecular weight excluding hydrogens is 654 g/mol. The van der Waals surface area contributed by atoms with Crippen molar-refractivity contribution in [2.75, 3.05) is 52.7 Å². The zero-order valence-electron chi connectivity index (χ0n) is 34.8. The van der Waals surface area contributed by atoms with Crippen molar-refractivity contribution in [1.82, 2.24) is 4.90 Å². The van der Waals surface area contributed by atoms with Gasteiger partial charge in [0.2, 0.25) is 0 Å². The van der Waals surface area contributed by atoms with E-state index in [-0.39, 0.29) is 24.8 Å². The molecule has 0 aromatic carbocycles. The Kier molecular flexibility index (Phi) is 41.5. The quantitative estimate of drug-likeness (QED) is 0.0375. The molecule has 0 heterocycles. The van der Waals surface area contributed by atoms with Gasteiger partial charge in [0.25, 0.3) is 0 Å². The first-order chi connectivity index (χ1) is 25.6. The van der Waals surface area contributed by atoms with Crippen molar-refractivity contribution in [3.8, 4) is 0 Å². The third-order valence-corrected chi connectivity index (χ3v) is 9.85. The predicted molar refractivity (Wildman–Crippen MR) is 217 cm³/mol. The first-order valence-corrected chi connectivity index (χ1v) is 22.4. The van der Waals surface area contributed by atoms with Gasteiger partial charge in [-0.25, -0.2) is 0 Å². The van der Waals surface area contributed by atoms with E-state index in [0.717, 1.165) is 90.1 Å². The number of aliphatic hydroxyl groups is 1. The Balaban J connectivity index is 3.99. The molecule has 0 aliphatic rings. The highest BCUT2D eigenvalue weighted by Crippen LogP contribution is 2.13. The number of aliphatic hydroxyl groups excluding tert-OH is 1. The molecule has 0 radical (unpaired) electrons. The molecule has 0 aromatic rings. The Morgan fingerprint density at radius 1 is 0.442 bits per heavy atom. The minimum atomic E-state index is -0.329. The molecule has 1 N–H and O–H groups in total. The second-order valence-electron chi connectivity index (χ2n) is 15.0. The van der Waals surface area contributed by atoms with Crippen molar-refractivity contribution in [2.45, 2.75) is 220 Å². The number of esters is 2. The van der Waals surface area contributed by atoms with Crippen LogP contribution in [-0.4, -0.2) is 80.9 Å². The summed E-state index contributed by atoms with van der Waals surface area (Å²) in [5, 5.41) is 9.53. The highest BCUT2D eigenvalue weighted by Gasteiger charge is 2.14. The van der Waals surface area contributed by atoms with Gasteiger partial charge in [0.05, 0.1) is 26.2 Å². The Morgan fingerprint density at radius 3 is 1.27 bits per heavy atom. The van der Waals surface area contributed by atoms with E-state index in [1.54, 1.807) is 0 Å². The molecule has 0 atom stereocenters. The van der Waals surface area contributed by atoms with E-state index >= 15 is 0 Å². The molecule has 0 fully saturated rings. The number of carbonyl (C=O) groups excluding carboxylic acids is 2. The van der Waals surface area contributed by atoms with E-state index in [1.165, 1.54) is 96.3 Å². The van der Waals surface area contributed by atoms with Crippen molar-refractivity contribution >= 4 is 11.9 Å². The topological polar surface area (TPSA) is 94.5 Å². The molecule has 0 unspecified atom stereocenters. The second kappa shape index (κ2) is 42.5. The number of hydrogen-bond donors (Lipinski definition) is 1. The third kappa shape index (κ3) is 38.5. The summed E-state index contributed by atoms with van der Waals surface area (Å²) in [6.45, 7) is 11.9. The average molecular weight is 742 g/mol. The first kappa shape index (κ1) is 50.8. The molecule has 0 saturated carbocycles. The normalized spacial score (nSPS) is 11.6. The van der Waals surface area contributed by atoms with Gasteiger partial charge < -0.3 is 29.0 Å². The molecule has 0 bridgehead atoms. The molecule has 8 nitrogen and oxygen atoms in total. The zero-order valence-corrected chi connectivity index (χ0v) is 34.8. The fraction of sp³-hybridized carbons (Fsp3) is 0.955. The van der Waals surface area contributed by atoms with Gasteiger partial charge in [-0.1, -0.05) is 143 Å². The lowest BCUT2D eigenvalue weighted by molar-refractivity contribution is -0.159.